The molecule has 0 spiro atoms. The summed E-state index contributed by atoms with van der Waals surface area (Å²) in [6.45, 7) is 4.74. The fourth-order valence-corrected chi connectivity index (χ4v) is 1.23. The zero-order chi connectivity index (χ0) is 15.1. The molecule has 1 amide bonds. The quantitative estimate of drug-likeness (QED) is 0.221. The van der Waals surface area contributed by atoms with E-state index in [1.807, 2.05) is 0 Å². The van der Waals surface area contributed by atoms with Gasteiger partial charge in [0.15, 0.2) is 0 Å². The highest BCUT2D eigenvalue weighted by atomic mass is 16.7. The summed E-state index contributed by atoms with van der Waals surface area (Å²) in [7, 11) is 0. The van der Waals surface area contributed by atoms with Crippen molar-refractivity contribution in [1.82, 2.24) is 0 Å². The van der Waals surface area contributed by atoms with Gasteiger partial charge in [-0.15, -0.1) is 0 Å². The van der Waals surface area contributed by atoms with Gasteiger partial charge >= 0.3 is 5.97 Å². The number of carbonyl (C=O) groups excluding carboxylic acids is 2. The lowest BCUT2D eigenvalue weighted by Gasteiger charge is -2.29. The van der Waals surface area contributed by atoms with Crippen LogP contribution in [0.1, 0.15) is 27.2 Å². The molecule has 0 aromatic heterocycles. The first-order chi connectivity index (χ1) is 8.69. The summed E-state index contributed by atoms with van der Waals surface area (Å²) < 4.78 is 10.0. The fraction of sp³-hybridized carbons (Fsp3) is 0.818. The van der Waals surface area contributed by atoms with E-state index in [4.69, 9.17) is 26.2 Å². The van der Waals surface area contributed by atoms with Crippen LogP contribution in [0.4, 0.5) is 0 Å². The number of hydrogen-bond donors (Lipinski definition) is 3. The molecule has 0 aliphatic carbocycles. The third-order valence-corrected chi connectivity index (χ3v) is 2.16. The molecule has 0 aromatic carbocycles. The maximum atomic E-state index is 12.0. The average molecular weight is 278 g/mol. The topological polar surface area (TPSA) is 134 Å². The molecule has 0 radical (unpaired) electrons. The Morgan fingerprint density at radius 3 is 2.16 bits per heavy atom. The average Bonchev–Trinajstić information content (AvgIpc) is 2.26. The summed E-state index contributed by atoms with van der Waals surface area (Å²) in [6.07, 6.45) is -0.201. The van der Waals surface area contributed by atoms with Crippen molar-refractivity contribution >= 4 is 11.9 Å². The summed E-state index contributed by atoms with van der Waals surface area (Å²) in [6, 6.07) is 0. The number of ether oxygens (including phenoxy) is 2. The maximum Gasteiger partial charge on any atom is 0.351 e. The fourth-order valence-electron chi connectivity index (χ4n) is 1.23. The number of hydrogen-bond acceptors (Lipinski definition) is 7. The van der Waals surface area contributed by atoms with Crippen LogP contribution >= 0.6 is 0 Å². The minimum Gasteiger partial charge on any atom is -0.457 e. The molecule has 1 atom stereocenters. The Bertz CT molecular complexity index is 315. The molecule has 0 aliphatic rings. The highest BCUT2D eigenvalue weighted by Crippen LogP contribution is 2.20. The van der Waals surface area contributed by atoms with Crippen LogP contribution < -0.4 is 11.6 Å². The van der Waals surface area contributed by atoms with Crippen LogP contribution in [-0.4, -0.2) is 48.0 Å². The summed E-state index contributed by atoms with van der Waals surface area (Å²) >= 11 is 0. The van der Waals surface area contributed by atoms with Gasteiger partial charge in [-0.3, -0.25) is 9.63 Å². The van der Waals surface area contributed by atoms with Crippen molar-refractivity contribution in [3.8, 4) is 0 Å². The number of aliphatic hydroxyl groups is 1. The molecule has 0 aromatic rings. The van der Waals surface area contributed by atoms with Crippen LogP contribution in [0, 0.1) is 0 Å². The predicted octanol–water partition coefficient (Wildman–Crippen LogP) is -1.16. The van der Waals surface area contributed by atoms with Crippen LogP contribution in [0.5, 0.6) is 0 Å². The molecular weight excluding hydrogens is 256 g/mol. The van der Waals surface area contributed by atoms with Gasteiger partial charge in [0.25, 0.3) is 11.5 Å². The highest BCUT2D eigenvalue weighted by Gasteiger charge is 2.48. The van der Waals surface area contributed by atoms with E-state index < -0.39 is 23.1 Å². The van der Waals surface area contributed by atoms with Crippen LogP contribution in [0.2, 0.25) is 0 Å². The van der Waals surface area contributed by atoms with Gasteiger partial charge in [0.1, 0.15) is 5.60 Å². The number of primary amides is 1. The van der Waals surface area contributed by atoms with Crippen molar-refractivity contribution in [2.75, 3.05) is 19.8 Å². The first kappa shape index (κ1) is 17.8. The van der Waals surface area contributed by atoms with Gasteiger partial charge in [0.2, 0.25) is 0 Å². The molecule has 0 heterocycles. The van der Waals surface area contributed by atoms with Crippen molar-refractivity contribution < 1.29 is 29.0 Å². The standard InChI is InChI=1S/C11H22N2O6/c1-10(2,3)18-9(16)11(19-13,8(12)15)4-6-17-7-5-14/h14H,4-7,13H2,1-3H3,(H2,12,15). The second-order valence-corrected chi connectivity index (χ2v) is 4.90. The van der Waals surface area contributed by atoms with Gasteiger partial charge in [-0.1, -0.05) is 0 Å². The van der Waals surface area contributed by atoms with E-state index >= 15 is 0 Å². The van der Waals surface area contributed by atoms with Crippen LogP contribution in [0.15, 0.2) is 0 Å². The van der Waals surface area contributed by atoms with Crippen molar-refractivity contribution in [3.63, 3.8) is 0 Å². The Labute approximate surface area is 111 Å². The molecule has 8 nitrogen and oxygen atoms in total. The Hall–Kier alpha value is -1.22. The summed E-state index contributed by atoms with van der Waals surface area (Å²) in [5.41, 5.74) is 2.26. The molecular formula is C11H22N2O6. The van der Waals surface area contributed by atoms with Gasteiger partial charge < -0.3 is 20.3 Å². The van der Waals surface area contributed by atoms with Gasteiger partial charge in [-0.2, -0.15) is 0 Å². The smallest absolute Gasteiger partial charge is 0.351 e. The zero-order valence-corrected chi connectivity index (χ0v) is 11.5. The Kier molecular flexibility index (Phi) is 6.91. The third kappa shape index (κ3) is 5.52. The van der Waals surface area contributed by atoms with Crippen molar-refractivity contribution in [2.45, 2.75) is 38.4 Å². The molecule has 0 fully saturated rings. The minimum atomic E-state index is -2.09. The SMILES string of the molecule is CC(C)(C)OC(=O)C(CCOCCO)(ON)C(N)=O. The number of carbonyl (C=O) groups is 2. The molecule has 0 saturated heterocycles. The van der Waals surface area contributed by atoms with Crippen LogP contribution in [-0.2, 0) is 23.9 Å². The number of esters is 1. The lowest BCUT2D eigenvalue weighted by Crippen LogP contribution is -2.57. The van der Waals surface area contributed by atoms with E-state index in [0.717, 1.165) is 0 Å². The van der Waals surface area contributed by atoms with E-state index in [1.165, 1.54) is 0 Å². The summed E-state index contributed by atoms with van der Waals surface area (Å²) in [5, 5.41) is 8.56. The molecule has 8 heteroatoms. The minimum absolute atomic E-state index is 0.0417. The monoisotopic (exact) mass is 278 g/mol. The Balaban J connectivity index is 4.86. The summed E-state index contributed by atoms with van der Waals surface area (Å²) in [4.78, 5) is 27.9. The molecule has 0 saturated carbocycles. The van der Waals surface area contributed by atoms with Crippen LogP contribution in [0.3, 0.4) is 0 Å². The second kappa shape index (κ2) is 7.39. The second-order valence-electron chi connectivity index (χ2n) is 4.90. The number of rotatable bonds is 8. The molecule has 5 N–H and O–H groups in total. The number of amides is 1. The van der Waals surface area contributed by atoms with E-state index in [0.29, 0.717) is 0 Å². The largest absolute Gasteiger partial charge is 0.457 e. The van der Waals surface area contributed by atoms with Crippen molar-refractivity contribution in [1.29, 1.82) is 0 Å². The van der Waals surface area contributed by atoms with Gasteiger partial charge in [0, 0.05) is 6.42 Å². The zero-order valence-electron chi connectivity index (χ0n) is 11.5. The number of nitrogens with two attached hydrogens (primary N) is 2. The van der Waals surface area contributed by atoms with E-state index in [-0.39, 0.29) is 26.2 Å². The molecule has 112 valence electrons. The third-order valence-electron chi connectivity index (χ3n) is 2.16. The van der Waals surface area contributed by atoms with Gasteiger partial charge in [-0.05, 0) is 20.8 Å². The van der Waals surface area contributed by atoms with E-state index in [1.54, 1.807) is 20.8 Å². The maximum absolute atomic E-state index is 12.0. The first-order valence-electron chi connectivity index (χ1n) is 5.79. The Morgan fingerprint density at radius 2 is 1.79 bits per heavy atom. The van der Waals surface area contributed by atoms with Crippen LogP contribution in [0.25, 0.3) is 0 Å². The molecule has 1 unspecified atom stereocenters. The molecule has 0 bridgehead atoms. The Morgan fingerprint density at radius 1 is 1.21 bits per heavy atom. The molecule has 19 heavy (non-hydrogen) atoms. The highest BCUT2D eigenvalue weighted by molar-refractivity contribution is 6.05. The van der Waals surface area contributed by atoms with Gasteiger partial charge in [-0.25, -0.2) is 10.7 Å². The van der Waals surface area contributed by atoms with Gasteiger partial charge in [0.05, 0.1) is 19.8 Å². The lowest BCUT2D eigenvalue weighted by molar-refractivity contribution is -0.189. The summed E-state index contributed by atoms with van der Waals surface area (Å²) in [5.74, 6) is 3.01. The normalized spacial score (nSPS) is 14.8. The van der Waals surface area contributed by atoms with Crippen molar-refractivity contribution in [2.24, 2.45) is 11.6 Å². The number of aliphatic hydroxyl groups excluding tert-OH is 1. The molecule has 0 aliphatic heterocycles. The lowest BCUT2D eigenvalue weighted by atomic mass is 9.99. The van der Waals surface area contributed by atoms with E-state index in [9.17, 15) is 9.59 Å². The van der Waals surface area contributed by atoms with Crippen molar-refractivity contribution in [3.05, 3.63) is 0 Å². The first-order valence-corrected chi connectivity index (χ1v) is 5.79. The van der Waals surface area contributed by atoms with E-state index in [2.05, 4.69) is 4.84 Å². The predicted molar refractivity (Wildman–Crippen MR) is 65.6 cm³/mol. The molecule has 0 rings (SSSR count).